The number of ether oxygens (including phenoxy) is 3. The monoisotopic (exact) mass is 307 g/mol. The fraction of sp³-hybridized carbons (Fsp3) is 0.529. The van der Waals surface area contributed by atoms with E-state index in [9.17, 15) is 5.11 Å². The zero-order chi connectivity index (χ0) is 16.2. The van der Waals surface area contributed by atoms with Gasteiger partial charge in [0.05, 0.1) is 26.4 Å². The van der Waals surface area contributed by atoms with E-state index in [0.29, 0.717) is 19.7 Å². The molecule has 1 atom stereocenters. The highest BCUT2D eigenvalue weighted by molar-refractivity contribution is 5.28. The molecule has 0 aliphatic rings. The molecule has 0 aromatic heterocycles. The van der Waals surface area contributed by atoms with Crippen molar-refractivity contribution in [2.75, 3.05) is 47.1 Å². The molecule has 0 aliphatic heterocycles. The number of hydrogen-bond acceptors (Lipinski definition) is 5. The number of benzene rings is 1. The third kappa shape index (κ3) is 7.43. The summed E-state index contributed by atoms with van der Waals surface area (Å²) in [4.78, 5) is 2.11. The van der Waals surface area contributed by atoms with E-state index in [2.05, 4.69) is 10.8 Å². The zero-order valence-corrected chi connectivity index (χ0v) is 13.3. The van der Waals surface area contributed by atoms with E-state index in [1.165, 1.54) is 0 Å². The van der Waals surface area contributed by atoms with Crippen LogP contribution in [0, 0.1) is 12.3 Å². The maximum atomic E-state index is 10.0. The summed E-state index contributed by atoms with van der Waals surface area (Å²) in [5.41, 5.74) is 1.12. The molecule has 0 amide bonds. The van der Waals surface area contributed by atoms with Gasteiger partial charge in [-0.15, -0.1) is 6.42 Å². The second kappa shape index (κ2) is 11.0. The zero-order valence-electron chi connectivity index (χ0n) is 13.3. The number of hydrogen-bond donors (Lipinski definition) is 1. The van der Waals surface area contributed by atoms with Crippen LogP contribution < -0.4 is 4.74 Å². The van der Waals surface area contributed by atoms with Crippen LogP contribution in [0.3, 0.4) is 0 Å². The molecule has 0 spiro atoms. The Morgan fingerprint density at radius 1 is 1.36 bits per heavy atom. The van der Waals surface area contributed by atoms with E-state index >= 15 is 0 Å². The minimum Gasteiger partial charge on any atom is -0.497 e. The minimum absolute atomic E-state index is 0.213. The molecule has 0 heterocycles. The lowest BCUT2D eigenvalue weighted by Crippen LogP contribution is -2.36. The smallest absolute Gasteiger partial charge is 0.119 e. The van der Waals surface area contributed by atoms with Gasteiger partial charge in [-0.05, 0) is 17.7 Å². The Kier molecular flexibility index (Phi) is 9.28. The van der Waals surface area contributed by atoms with Gasteiger partial charge in [0.2, 0.25) is 0 Å². The van der Waals surface area contributed by atoms with Gasteiger partial charge in [-0.1, -0.05) is 18.1 Å². The summed E-state index contributed by atoms with van der Waals surface area (Å²) < 4.78 is 15.5. The van der Waals surface area contributed by atoms with Crippen LogP contribution in [-0.2, 0) is 16.0 Å². The summed E-state index contributed by atoms with van der Waals surface area (Å²) in [6.45, 7) is 2.95. The molecule has 0 aliphatic carbocycles. The Morgan fingerprint density at radius 2 is 2.18 bits per heavy atom. The van der Waals surface area contributed by atoms with Crippen molar-refractivity contribution in [3.8, 4) is 18.1 Å². The highest BCUT2D eigenvalue weighted by Gasteiger charge is 2.13. The van der Waals surface area contributed by atoms with Crippen LogP contribution in [0.2, 0.25) is 0 Å². The molecule has 1 aromatic rings. The number of methoxy groups -OCH3 is 2. The molecule has 0 radical (unpaired) electrons. The van der Waals surface area contributed by atoms with Crippen LogP contribution in [0.4, 0.5) is 0 Å². The van der Waals surface area contributed by atoms with Crippen LogP contribution in [0.15, 0.2) is 24.3 Å². The van der Waals surface area contributed by atoms with Gasteiger partial charge in [-0.2, -0.15) is 0 Å². The third-order valence-corrected chi connectivity index (χ3v) is 3.12. The average Bonchev–Trinajstić information content (AvgIpc) is 2.53. The molecule has 0 bridgehead atoms. The second-order valence-electron chi connectivity index (χ2n) is 4.95. The van der Waals surface area contributed by atoms with Crippen LogP contribution in [-0.4, -0.2) is 63.2 Å². The molecule has 0 saturated heterocycles. The molecule has 5 heteroatoms. The Labute approximate surface area is 132 Å². The van der Waals surface area contributed by atoms with Crippen molar-refractivity contribution in [1.82, 2.24) is 4.90 Å². The van der Waals surface area contributed by atoms with E-state index in [0.717, 1.165) is 17.9 Å². The fourth-order valence-electron chi connectivity index (χ4n) is 2.09. The number of aliphatic hydroxyl groups is 1. The summed E-state index contributed by atoms with van der Waals surface area (Å²) in [6, 6.07) is 7.88. The first-order valence-electron chi connectivity index (χ1n) is 7.23. The van der Waals surface area contributed by atoms with E-state index in [1.54, 1.807) is 14.2 Å². The van der Waals surface area contributed by atoms with E-state index in [4.69, 9.17) is 20.6 Å². The predicted molar refractivity (Wildman–Crippen MR) is 85.8 cm³/mol. The summed E-state index contributed by atoms with van der Waals surface area (Å²) in [7, 11) is 3.31. The van der Waals surface area contributed by atoms with Crippen LogP contribution in [0.25, 0.3) is 0 Å². The summed E-state index contributed by atoms with van der Waals surface area (Å²) in [6.07, 6.45) is 4.53. The van der Waals surface area contributed by atoms with Gasteiger partial charge < -0.3 is 19.3 Å². The lowest BCUT2D eigenvalue weighted by atomic mass is 10.2. The molecule has 1 unspecified atom stereocenters. The van der Waals surface area contributed by atoms with Crippen LogP contribution in [0.1, 0.15) is 5.56 Å². The maximum Gasteiger partial charge on any atom is 0.119 e. The first kappa shape index (κ1) is 18.5. The number of terminal acetylenes is 1. The minimum atomic E-state index is -0.587. The third-order valence-electron chi connectivity index (χ3n) is 3.12. The molecular weight excluding hydrogens is 282 g/mol. The number of aliphatic hydroxyl groups excluding tert-OH is 1. The molecule has 1 aromatic carbocycles. The Balaban J connectivity index is 2.57. The van der Waals surface area contributed by atoms with E-state index < -0.39 is 6.10 Å². The molecule has 1 rings (SSSR count). The van der Waals surface area contributed by atoms with Crippen molar-refractivity contribution in [3.05, 3.63) is 29.8 Å². The van der Waals surface area contributed by atoms with Crippen molar-refractivity contribution in [2.24, 2.45) is 0 Å². The lowest BCUT2D eigenvalue weighted by Gasteiger charge is -2.25. The predicted octanol–water partition coefficient (Wildman–Crippen LogP) is 1.15. The Hall–Kier alpha value is -1.58. The molecule has 0 saturated carbocycles. The summed E-state index contributed by atoms with van der Waals surface area (Å²) >= 11 is 0. The fourth-order valence-corrected chi connectivity index (χ4v) is 2.09. The standard InChI is InChI=1S/C17H25NO4/c1-4-9-22-14-16(19)13-18(8-10-20-2)12-15-6-5-7-17(11-15)21-3/h1,5-7,11,16,19H,8-10,12-14H2,2-3H3. The van der Waals surface area contributed by atoms with E-state index in [-0.39, 0.29) is 13.2 Å². The van der Waals surface area contributed by atoms with Gasteiger partial charge in [0.1, 0.15) is 12.4 Å². The molecule has 1 N–H and O–H groups in total. The molecule has 122 valence electrons. The molecular formula is C17H25NO4. The van der Waals surface area contributed by atoms with Crippen LogP contribution in [0.5, 0.6) is 5.75 Å². The topological polar surface area (TPSA) is 51.2 Å². The van der Waals surface area contributed by atoms with Crippen molar-refractivity contribution in [2.45, 2.75) is 12.6 Å². The highest BCUT2D eigenvalue weighted by Crippen LogP contribution is 2.14. The van der Waals surface area contributed by atoms with Gasteiger partial charge >= 0.3 is 0 Å². The molecule has 22 heavy (non-hydrogen) atoms. The lowest BCUT2D eigenvalue weighted by molar-refractivity contribution is 0.0207. The van der Waals surface area contributed by atoms with Gasteiger partial charge in [-0.25, -0.2) is 0 Å². The number of nitrogens with zero attached hydrogens (tertiary/aromatic N) is 1. The number of rotatable bonds is 11. The molecule has 0 fully saturated rings. The van der Waals surface area contributed by atoms with Gasteiger partial charge in [-0.3, -0.25) is 4.90 Å². The van der Waals surface area contributed by atoms with Gasteiger partial charge in [0.25, 0.3) is 0 Å². The maximum absolute atomic E-state index is 10.0. The van der Waals surface area contributed by atoms with Crippen molar-refractivity contribution in [1.29, 1.82) is 0 Å². The quantitative estimate of drug-likeness (QED) is 0.491. The first-order valence-corrected chi connectivity index (χ1v) is 7.23. The van der Waals surface area contributed by atoms with Crippen molar-refractivity contribution >= 4 is 0 Å². The largest absolute Gasteiger partial charge is 0.497 e. The molecule has 5 nitrogen and oxygen atoms in total. The SMILES string of the molecule is C#CCOCC(O)CN(CCOC)Cc1cccc(OC)c1. The van der Waals surface area contributed by atoms with Crippen molar-refractivity contribution in [3.63, 3.8) is 0 Å². The average molecular weight is 307 g/mol. The van der Waals surface area contributed by atoms with Crippen molar-refractivity contribution < 1.29 is 19.3 Å². The second-order valence-corrected chi connectivity index (χ2v) is 4.95. The van der Waals surface area contributed by atoms with E-state index in [1.807, 2.05) is 24.3 Å². The summed E-state index contributed by atoms with van der Waals surface area (Å²) in [5.74, 6) is 3.20. The van der Waals surface area contributed by atoms with Gasteiger partial charge in [0, 0.05) is 26.7 Å². The Morgan fingerprint density at radius 3 is 2.86 bits per heavy atom. The van der Waals surface area contributed by atoms with Gasteiger partial charge in [0.15, 0.2) is 0 Å². The summed E-state index contributed by atoms with van der Waals surface area (Å²) in [5, 5.41) is 10.0. The normalized spacial score (nSPS) is 12.1. The highest BCUT2D eigenvalue weighted by atomic mass is 16.5. The van der Waals surface area contributed by atoms with Crippen LogP contribution >= 0.6 is 0 Å². The Bertz CT molecular complexity index is 458. The first-order chi connectivity index (χ1) is 10.7.